The van der Waals surface area contributed by atoms with E-state index in [1.165, 1.54) is 24.4 Å². The molecule has 1 saturated heterocycles. The first-order valence-electron chi connectivity index (χ1n) is 10.4. The van der Waals surface area contributed by atoms with Gasteiger partial charge in [-0.05, 0) is 36.5 Å². The van der Waals surface area contributed by atoms with Crippen LogP contribution in [0.3, 0.4) is 0 Å². The van der Waals surface area contributed by atoms with Crippen molar-refractivity contribution in [3.05, 3.63) is 78.8 Å². The number of nitro groups is 1. The Balaban J connectivity index is 1.37. The van der Waals surface area contributed by atoms with Gasteiger partial charge in [0.1, 0.15) is 6.61 Å². The quantitative estimate of drug-likeness (QED) is 0.170. The number of hydrogen-bond acceptors (Lipinski definition) is 6. The van der Waals surface area contributed by atoms with Gasteiger partial charge in [0, 0.05) is 27.2 Å². The highest BCUT2D eigenvalue weighted by atomic mass is 35.5. The molecule has 34 heavy (non-hydrogen) atoms. The van der Waals surface area contributed by atoms with Crippen molar-refractivity contribution >= 4 is 58.5 Å². The molecule has 1 saturated carbocycles. The van der Waals surface area contributed by atoms with Gasteiger partial charge in [-0.3, -0.25) is 19.7 Å². The van der Waals surface area contributed by atoms with Crippen molar-refractivity contribution < 1.29 is 19.2 Å². The van der Waals surface area contributed by atoms with E-state index in [9.17, 15) is 19.7 Å². The second kappa shape index (κ2) is 8.69. The lowest BCUT2D eigenvalue weighted by molar-refractivity contribution is -0.385. The molecular formula is C23H16Cl3N3O5. The van der Waals surface area contributed by atoms with E-state index in [2.05, 4.69) is 5.10 Å². The average Bonchev–Trinajstić information content (AvgIpc) is 3.46. The maximum absolute atomic E-state index is 12.8. The molecule has 0 unspecified atom stereocenters. The van der Waals surface area contributed by atoms with Gasteiger partial charge in [-0.15, -0.1) is 0 Å². The number of amides is 2. The molecule has 2 amide bonds. The van der Waals surface area contributed by atoms with E-state index in [0.29, 0.717) is 15.6 Å². The molecule has 2 aliphatic carbocycles. The highest BCUT2D eigenvalue weighted by Crippen LogP contribution is 2.52. The number of fused-ring (bicyclic) bond motifs is 5. The van der Waals surface area contributed by atoms with Crippen molar-refractivity contribution in [1.29, 1.82) is 0 Å². The Morgan fingerprint density at radius 2 is 1.74 bits per heavy atom. The predicted molar refractivity (Wildman–Crippen MR) is 126 cm³/mol. The normalized spacial score (nSPS) is 25.0. The van der Waals surface area contributed by atoms with Crippen LogP contribution in [0.15, 0.2) is 47.6 Å². The van der Waals surface area contributed by atoms with E-state index >= 15 is 0 Å². The smallest absolute Gasteiger partial charge is 0.313 e. The highest BCUT2D eigenvalue weighted by Gasteiger charge is 2.59. The number of benzene rings is 2. The molecule has 0 aromatic heterocycles. The van der Waals surface area contributed by atoms with Crippen LogP contribution in [0.5, 0.6) is 5.75 Å². The summed E-state index contributed by atoms with van der Waals surface area (Å²) in [5.41, 5.74) is 0.423. The van der Waals surface area contributed by atoms with Crippen molar-refractivity contribution in [3.63, 3.8) is 0 Å². The third-order valence-electron chi connectivity index (χ3n) is 6.40. The molecule has 0 spiro atoms. The van der Waals surface area contributed by atoms with Crippen molar-refractivity contribution in [1.82, 2.24) is 5.01 Å². The van der Waals surface area contributed by atoms with Crippen molar-refractivity contribution in [3.8, 4) is 5.75 Å². The zero-order valence-corrected chi connectivity index (χ0v) is 19.6. The first kappa shape index (κ1) is 22.8. The summed E-state index contributed by atoms with van der Waals surface area (Å²) in [6, 6.07) is 7.43. The van der Waals surface area contributed by atoms with Crippen molar-refractivity contribution in [2.24, 2.45) is 28.8 Å². The van der Waals surface area contributed by atoms with Gasteiger partial charge in [-0.25, -0.2) is 0 Å². The molecule has 1 aliphatic heterocycles. The van der Waals surface area contributed by atoms with Gasteiger partial charge < -0.3 is 4.74 Å². The Bertz CT molecular complexity index is 1260. The second-order valence-corrected chi connectivity index (χ2v) is 9.62. The zero-order chi connectivity index (χ0) is 24.1. The number of carbonyl (C=O) groups excluding carboxylic acids is 2. The lowest BCUT2D eigenvalue weighted by atomic mass is 9.85. The molecule has 2 bridgehead atoms. The molecule has 2 fully saturated rings. The van der Waals surface area contributed by atoms with Crippen LogP contribution in [0, 0.1) is 33.8 Å². The van der Waals surface area contributed by atoms with E-state index < -0.39 is 10.6 Å². The number of nitrogens with zero attached hydrogens (tertiary/aromatic N) is 3. The van der Waals surface area contributed by atoms with Crippen LogP contribution in [0.2, 0.25) is 15.1 Å². The van der Waals surface area contributed by atoms with Gasteiger partial charge in [-0.1, -0.05) is 53.0 Å². The fourth-order valence-corrected chi connectivity index (χ4v) is 5.61. The van der Waals surface area contributed by atoms with Crippen LogP contribution in [0.1, 0.15) is 17.5 Å². The predicted octanol–water partition coefficient (Wildman–Crippen LogP) is 5.28. The molecule has 0 radical (unpaired) electrons. The first-order valence-corrected chi connectivity index (χ1v) is 11.5. The summed E-state index contributed by atoms with van der Waals surface area (Å²) < 4.78 is 5.61. The molecule has 4 atom stereocenters. The molecule has 5 rings (SSSR count). The SMILES string of the molecule is O=C1[C@@H]2[C@H](C(=O)N1N=Cc1cc(Cl)c(OCc3ccc(Cl)cc3Cl)c([N+](=O)[O-])c1)[C@H]1C=C[C@H]2C1. The molecule has 2 aromatic rings. The van der Waals surface area contributed by atoms with Crippen molar-refractivity contribution in [2.45, 2.75) is 13.0 Å². The van der Waals surface area contributed by atoms with E-state index in [0.717, 1.165) is 11.4 Å². The lowest BCUT2D eigenvalue weighted by Crippen LogP contribution is -2.28. The van der Waals surface area contributed by atoms with Crippen LogP contribution in [0.4, 0.5) is 5.69 Å². The number of rotatable bonds is 6. The van der Waals surface area contributed by atoms with E-state index in [1.54, 1.807) is 12.1 Å². The van der Waals surface area contributed by atoms with E-state index in [1.807, 2.05) is 12.2 Å². The molecule has 11 heteroatoms. The Labute approximate surface area is 208 Å². The molecule has 3 aliphatic rings. The number of nitro benzene ring substituents is 1. The molecule has 8 nitrogen and oxygen atoms in total. The van der Waals surface area contributed by atoms with Gasteiger partial charge in [0.25, 0.3) is 11.8 Å². The minimum Gasteiger partial charge on any atom is -0.481 e. The summed E-state index contributed by atoms with van der Waals surface area (Å²) in [4.78, 5) is 36.6. The number of carbonyl (C=O) groups is 2. The Kier molecular flexibility index (Phi) is 5.83. The zero-order valence-electron chi connectivity index (χ0n) is 17.4. The molecule has 0 N–H and O–H groups in total. The van der Waals surface area contributed by atoms with Crippen LogP contribution in [0.25, 0.3) is 0 Å². The summed E-state index contributed by atoms with van der Waals surface area (Å²) >= 11 is 18.3. The van der Waals surface area contributed by atoms with Crippen LogP contribution >= 0.6 is 34.8 Å². The van der Waals surface area contributed by atoms with Gasteiger partial charge in [-0.2, -0.15) is 10.1 Å². The molecule has 2 aromatic carbocycles. The summed E-state index contributed by atoms with van der Waals surface area (Å²) in [5.74, 6) is -1.46. The fraction of sp³-hybridized carbons (Fsp3) is 0.261. The summed E-state index contributed by atoms with van der Waals surface area (Å²) in [6.45, 7) is -0.0695. The van der Waals surface area contributed by atoms with Crippen molar-refractivity contribution in [2.75, 3.05) is 0 Å². The number of imide groups is 1. The van der Waals surface area contributed by atoms with Crippen LogP contribution < -0.4 is 4.74 Å². The number of halogens is 3. The Morgan fingerprint density at radius 3 is 2.35 bits per heavy atom. The lowest BCUT2D eigenvalue weighted by Gasteiger charge is -2.13. The Morgan fingerprint density at radius 1 is 1.06 bits per heavy atom. The summed E-state index contributed by atoms with van der Waals surface area (Å²) in [6.07, 6.45) is 6.01. The van der Waals surface area contributed by atoms with Gasteiger partial charge >= 0.3 is 5.69 Å². The highest BCUT2D eigenvalue weighted by molar-refractivity contribution is 6.35. The van der Waals surface area contributed by atoms with Crippen LogP contribution in [-0.2, 0) is 16.2 Å². The molecular weight excluding hydrogens is 505 g/mol. The molecule has 1 heterocycles. The number of ether oxygens (including phenoxy) is 1. The van der Waals surface area contributed by atoms with E-state index in [4.69, 9.17) is 39.5 Å². The number of hydrazone groups is 1. The first-order chi connectivity index (χ1) is 16.2. The molecule has 174 valence electrons. The standard InChI is InChI=1S/C23H16Cl3N3O5/c24-15-4-3-14(16(25)8-15)10-34-21-17(26)5-11(6-18(21)29(32)33)9-27-28-22(30)19-12-1-2-13(7-12)20(19)23(28)31/h1-6,8-9,12-13,19-20H,7,10H2/t12-,13-,19-,20+/m0/s1. The van der Waals surface area contributed by atoms with Crippen LogP contribution in [-0.4, -0.2) is 28.0 Å². The second-order valence-electron chi connectivity index (χ2n) is 8.37. The van der Waals surface area contributed by atoms with E-state index in [-0.39, 0.29) is 58.4 Å². The minimum absolute atomic E-state index is 0.0288. The topological polar surface area (TPSA) is 102 Å². The number of allylic oxidation sites excluding steroid dienone is 2. The summed E-state index contributed by atoms with van der Waals surface area (Å²) in [7, 11) is 0. The van der Waals surface area contributed by atoms with Gasteiger partial charge in [0.15, 0.2) is 0 Å². The monoisotopic (exact) mass is 519 g/mol. The third kappa shape index (κ3) is 3.85. The maximum atomic E-state index is 12.8. The Hall–Kier alpha value is -2.94. The maximum Gasteiger partial charge on any atom is 0.313 e. The average molecular weight is 521 g/mol. The fourth-order valence-electron chi connectivity index (χ4n) is 4.87. The number of hydrogen-bond donors (Lipinski definition) is 0. The van der Waals surface area contributed by atoms with Gasteiger partial charge in [0.2, 0.25) is 5.75 Å². The summed E-state index contributed by atoms with van der Waals surface area (Å²) in [5, 5.41) is 17.4. The third-order valence-corrected chi connectivity index (χ3v) is 7.27. The van der Waals surface area contributed by atoms with Gasteiger partial charge in [0.05, 0.1) is 28.0 Å². The largest absolute Gasteiger partial charge is 0.481 e. The minimum atomic E-state index is -0.637.